The second-order valence-electron chi connectivity index (χ2n) is 5.94. The Morgan fingerprint density at radius 1 is 0.821 bits per heavy atom. The molecule has 0 saturated carbocycles. The number of carbonyl (C=O) groups is 1. The van der Waals surface area contributed by atoms with Gasteiger partial charge in [-0.2, -0.15) is 0 Å². The number of carbonyl (C=O) groups excluding carboxylic acids is 1. The van der Waals surface area contributed by atoms with E-state index >= 15 is 0 Å². The van der Waals surface area contributed by atoms with E-state index in [4.69, 9.17) is 32.7 Å². The van der Waals surface area contributed by atoms with Gasteiger partial charge in [-0.3, -0.25) is 4.79 Å². The average Bonchev–Trinajstić information content (AvgIpc) is 2.72. The van der Waals surface area contributed by atoms with Crippen LogP contribution in [0.4, 0.5) is 0 Å². The van der Waals surface area contributed by atoms with Crippen LogP contribution in [-0.4, -0.2) is 19.1 Å². The van der Waals surface area contributed by atoms with Crippen molar-refractivity contribution in [3.63, 3.8) is 0 Å². The van der Waals surface area contributed by atoms with Gasteiger partial charge in [-0.15, -0.1) is 0 Å². The van der Waals surface area contributed by atoms with E-state index in [1.54, 1.807) is 36.4 Å². The number of rotatable bonds is 8. The van der Waals surface area contributed by atoms with Crippen molar-refractivity contribution in [3.8, 4) is 11.5 Å². The molecule has 1 amide bonds. The molecule has 0 spiro atoms. The summed E-state index contributed by atoms with van der Waals surface area (Å²) >= 11 is 12.1. The van der Waals surface area contributed by atoms with Crippen molar-refractivity contribution in [3.05, 3.63) is 94.0 Å². The highest BCUT2D eigenvalue weighted by molar-refractivity contribution is 6.32. The maximum atomic E-state index is 12.2. The molecular weight excluding hydrogens is 397 g/mol. The fourth-order valence-electron chi connectivity index (χ4n) is 2.47. The predicted molar refractivity (Wildman–Crippen MR) is 112 cm³/mol. The Morgan fingerprint density at radius 3 is 2.21 bits per heavy atom. The Hall–Kier alpha value is -2.69. The smallest absolute Gasteiger partial charge is 0.251 e. The molecule has 144 valence electrons. The Labute approximate surface area is 174 Å². The van der Waals surface area contributed by atoms with Gasteiger partial charge in [0.15, 0.2) is 0 Å². The van der Waals surface area contributed by atoms with Crippen molar-refractivity contribution < 1.29 is 14.3 Å². The van der Waals surface area contributed by atoms with Crippen LogP contribution in [0.1, 0.15) is 15.9 Å². The minimum Gasteiger partial charge on any atom is -0.490 e. The van der Waals surface area contributed by atoms with E-state index in [2.05, 4.69) is 5.32 Å². The minimum atomic E-state index is -0.180. The molecule has 0 aromatic heterocycles. The molecule has 0 bridgehead atoms. The van der Waals surface area contributed by atoms with Gasteiger partial charge < -0.3 is 14.8 Å². The number of para-hydroxylation sites is 1. The molecule has 0 aliphatic heterocycles. The van der Waals surface area contributed by atoms with E-state index < -0.39 is 0 Å². The first-order valence-corrected chi connectivity index (χ1v) is 9.51. The van der Waals surface area contributed by atoms with Gasteiger partial charge in [0.05, 0.1) is 11.6 Å². The van der Waals surface area contributed by atoms with Crippen LogP contribution in [-0.2, 0) is 6.61 Å². The normalized spacial score (nSPS) is 10.4. The molecule has 0 fully saturated rings. The van der Waals surface area contributed by atoms with Crippen molar-refractivity contribution in [1.29, 1.82) is 0 Å². The molecule has 0 unspecified atom stereocenters. The summed E-state index contributed by atoms with van der Waals surface area (Å²) < 4.78 is 11.3. The number of benzene rings is 3. The maximum Gasteiger partial charge on any atom is 0.251 e. The van der Waals surface area contributed by atoms with Gasteiger partial charge in [-0.25, -0.2) is 0 Å². The van der Waals surface area contributed by atoms with E-state index in [9.17, 15) is 4.79 Å². The molecule has 3 rings (SSSR count). The van der Waals surface area contributed by atoms with Crippen LogP contribution in [0.15, 0.2) is 72.8 Å². The monoisotopic (exact) mass is 415 g/mol. The predicted octanol–water partition coefficient (Wildman–Crippen LogP) is 5.38. The first kappa shape index (κ1) is 20.1. The van der Waals surface area contributed by atoms with E-state index in [0.29, 0.717) is 46.9 Å². The van der Waals surface area contributed by atoms with Gasteiger partial charge in [0.1, 0.15) is 24.7 Å². The molecule has 1 N–H and O–H groups in total. The third kappa shape index (κ3) is 5.65. The number of hydrogen-bond donors (Lipinski definition) is 1. The molecule has 4 nitrogen and oxygen atoms in total. The van der Waals surface area contributed by atoms with Gasteiger partial charge in [0.2, 0.25) is 0 Å². The lowest BCUT2D eigenvalue weighted by atomic mass is 10.2. The zero-order valence-electron chi connectivity index (χ0n) is 15.0. The van der Waals surface area contributed by atoms with Crippen molar-refractivity contribution in [2.75, 3.05) is 13.2 Å². The second kappa shape index (κ2) is 10.0. The Bertz CT molecular complexity index is 929. The Morgan fingerprint density at radius 2 is 1.50 bits per heavy atom. The number of amides is 1. The van der Waals surface area contributed by atoms with Gasteiger partial charge in [-0.05, 0) is 42.5 Å². The standard InChI is InChI=1S/C22H19Cl2NO3/c23-19-6-2-1-5-17(19)15-28-18-11-9-16(10-12-18)22(26)25-13-14-27-21-8-4-3-7-20(21)24/h1-12H,13-15H2,(H,25,26). The maximum absolute atomic E-state index is 12.2. The molecule has 0 aliphatic carbocycles. The molecule has 3 aromatic carbocycles. The third-order valence-corrected chi connectivity index (χ3v) is 4.63. The van der Waals surface area contributed by atoms with Gasteiger partial charge in [0, 0.05) is 16.1 Å². The first-order chi connectivity index (χ1) is 13.6. The molecule has 0 aliphatic rings. The minimum absolute atomic E-state index is 0.180. The highest BCUT2D eigenvalue weighted by Crippen LogP contribution is 2.23. The lowest BCUT2D eigenvalue weighted by Gasteiger charge is -2.10. The highest BCUT2D eigenvalue weighted by Gasteiger charge is 2.06. The molecule has 0 saturated heterocycles. The van der Waals surface area contributed by atoms with Crippen LogP contribution >= 0.6 is 23.2 Å². The first-order valence-electron chi connectivity index (χ1n) is 8.75. The molecular formula is C22H19Cl2NO3. The quantitative estimate of drug-likeness (QED) is 0.502. The molecule has 0 heterocycles. The van der Waals surface area contributed by atoms with Gasteiger partial charge >= 0.3 is 0 Å². The number of ether oxygens (including phenoxy) is 2. The van der Waals surface area contributed by atoms with Crippen molar-refractivity contribution in [2.45, 2.75) is 6.61 Å². The van der Waals surface area contributed by atoms with E-state index in [1.807, 2.05) is 36.4 Å². The van der Waals surface area contributed by atoms with Crippen LogP contribution in [0.5, 0.6) is 11.5 Å². The third-order valence-electron chi connectivity index (χ3n) is 3.95. The summed E-state index contributed by atoms with van der Waals surface area (Å²) in [6, 6.07) is 21.7. The van der Waals surface area contributed by atoms with Crippen molar-refractivity contribution in [1.82, 2.24) is 5.32 Å². The van der Waals surface area contributed by atoms with Crippen LogP contribution in [0.25, 0.3) is 0 Å². The Balaban J connectivity index is 1.44. The zero-order valence-corrected chi connectivity index (χ0v) is 16.5. The zero-order chi connectivity index (χ0) is 19.8. The van der Waals surface area contributed by atoms with Crippen LogP contribution < -0.4 is 14.8 Å². The largest absolute Gasteiger partial charge is 0.490 e. The summed E-state index contributed by atoms with van der Waals surface area (Å²) in [6.45, 7) is 1.06. The molecule has 6 heteroatoms. The fourth-order valence-corrected chi connectivity index (χ4v) is 2.85. The second-order valence-corrected chi connectivity index (χ2v) is 6.75. The number of nitrogens with one attached hydrogen (secondary N) is 1. The Kier molecular flexibility index (Phi) is 7.18. The summed E-state index contributed by atoms with van der Waals surface area (Å²) in [5, 5.41) is 4.02. The lowest BCUT2D eigenvalue weighted by Crippen LogP contribution is -2.28. The summed E-state index contributed by atoms with van der Waals surface area (Å²) in [7, 11) is 0. The highest BCUT2D eigenvalue weighted by atomic mass is 35.5. The van der Waals surface area contributed by atoms with Gasteiger partial charge in [-0.1, -0.05) is 53.5 Å². The summed E-state index contributed by atoms with van der Waals surface area (Å²) in [5.41, 5.74) is 1.45. The van der Waals surface area contributed by atoms with Crippen LogP contribution in [0.2, 0.25) is 10.0 Å². The van der Waals surface area contributed by atoms with E-state index in [1.165, 1.54) is 0 Å². The van der Waals surface area contributed by atoms with Gasteiger partial charge in [0.25, 0.3) is 5.91 Å². The molecule has 28 heavy (non-hydrogen) atoms. The summed E-state index contributed by atoms with van der Waals surface area (Å²) in [5.74, 6) is 1.08. The summed E-state index contributed by atoms with van der Waals surface area (Å²) in [6.07, 6.45) is 0. The summed E-state index contributed by atoms with van der Waals surface area (Å²) in [4.78, 5) is 12.2. The average molecular weight is 416 g/mol. The SMILES string of the molecule is O=C(NCCOc1ccccc1Cl)c1ccc(OCc2ccccc2Cl)cc1. The van der Waals surface area contributed by atoms with Crippen LogP contribution in [0.3, 0.4) is 0 Å². The van der Waals surface area contributed by atoms with E-state index in [0.717, 1.165) is 5.56 Å². The topological polar surface area (TPSA) is 47.6 Å². The molecule has 0 atom stereocenters. The molecule has 3 aromatic rings. The van der Waals surface area contributed by atoms with Crippen molar-refractivity contribution >= 4 is 29.1 Å². The van der Waals surface area contributed by atoms with E-state index in [-0.39, 0.29) is 5.91 Å². The van der Waals surface area contributed by atoms with Crippen molar-refractivity contribution in [2.24, 2.45) is 0 Å². The molecule has 0 radical (unpaired) electrons. The number of hydrogen-bond acceptors (Lipinski definition) is 3. The van der Waals surface area contributed by atoms with Crippen LogP contribution in [0, 0.1) is 0 Å². The number of halogens is 2. The fraction of sp³-hybridized carbons (Fsp3) is 0.136. The lowest BCUT2D eigenvalue weighted by molar-refractivity contribution is 0.0947.